The third kappa shape index (κ3) is 4.65. The maximum atomic E-state index is 13.1. The van der Waals surface area contributed by atoms with Crippen LogP contribution >= 0.6 is 0 Å². The third-order valence-corrected chi connectivity index (χ3v) is 6.21. The number of benzene rings is 2. The van der Waals surface area contributed by atoms with Crippen LogP contribution in [0, 0.1) is 0 Å². The minimum Gasteiger partial charge on any atom is -0.496 e. The number of carbonyl (C=O) groups is 1. The summed E-state index contributed by atoms with van der Waals surface area (Å²) in [6.07, 6.45) is 6.38. The number of rotatable bonds is 8. The molecule has 0 aliphatic carbocycles. The zero-order chi connectivity index (χ0) is 24.4. The first-order valence-electron chi connectivity index (χ1n) is 11.5. The number of nitrogens with zero attached hydrogens (tertiary/aromatic N) is 4. The van der Waals surface area contributed by atoms with Crippen molar-refractivity contribution in [2.75, 3.05) is 34.0 Å². The molecule has 0 radical (unpaired) electrons. The number of carbonyl (C=O) groups excluding carboxylic acids is 1. The Morgan fingerprint density at radius 1 is 1.11 bits per heavy atom. The molecule has 0 bridgehead atoms. The Hall–Kier alpha value is -3.69. The van der Waals surface area contributed by atoms with Gasteiger partial charge in [-0.15, -0.1) is 0 Å². The van der Waals surface area contributed by atoms with Crippen molar-refractivity contribution in [1.82, 2.24) is 19.3 Å². The topological polar surface area (TPSA) is 89.6 Å². The molecule has 0 amide bonds. The monoisotopic (exact) mass is 476 g/mol. The van der Waals surface area contributed by atoms with Crippen molar-refractivity contribution in [2.24, 2.45) is 7.05 Å². The zero-order valence-corrected chi connectivity index (χ0v) is 20.1. The average molecular weight is 477 g/mol. The smallest absolute Gasteiger partial charge is 0.170 e. The molecule has 3 heterocycles. The number of hydrogen-bond acceptors (Lipinski definition) is 7. The van der Waals surface area contributed by atoms with Crippen LogP contribution in [0.2, 0.25) is 0 Å². The van der Waals surface area contributed by atoms with Crippen LogP contribution in [0.15, 0.2) is 49.1 Å². The number of ketones is 1. The van der Waals surface area contributed by atoms with Crippen molar-refractivity contribution in [3.05, 3.63) is 54.6 Å². The van der Waals surface area contributed by atoms with Crippen molar-refractivity contribution < 1.29 is 23.7 Å². The quantitative estimate of drug-likeness (QED) is 0.357. The van der Waals surface area contributed by atoms with E-state index in [2.05, 4.69) is 10.1 Å². The SMILES string of the molecule is COc1cc(-n2cnc3cc(-c4cnn(C)c4)ccc32)cc(OC)c1C(=O)CC[C@H]1COCCO1. The molecule has 1 atom stereocenters. The number of Topliss-reactive ketones (excluding diaryl/α,β-unsaturated/α-hetero) is 1. The highest BCUT2D eigenvalue weighted by Crippen LogP contribution is 2.35. The standard InChI is InChI=1S/C26H28N4O5/c1-29-14-18(13-28-29)17-4-6-22-21(10-17)27-16-30(22)19-11-24(32-2)26(25(12-19)33-3)23(31)7-5-20-15-34-8-9-35-20/h4,6,10-14,16,20H,5,7-9,15H2,1-3H3/t20-/m0/s1. The number of methoxy groups -OCH3 is 2. The molecule has 1 aliphatic rings. The van der Waals surface area contributed by atoms with E-state index in [1.165, 1.54) is 0 Å². The maximum Gasteiger partial charge on any atom is 0.170 e. The molecule has 1 fully saturated rings. The fourth-order valence-electron chi connectivity index (χ4n) is 4.40. The summed E-state index contributed by atoms with van der Waals surface area (Å²) in [4.78, 5) is 17.7. The molecular weight excluding hydrogens is 448 g/mol. The van der Waals surface area contributed by atoms with Crippen molar-refractivity contribution in [3.8, 4) is 28.3 Å². The number of aromatic nitrogens is 4. The molecule has 1 saturated heterocycles. The lowest BCUT2D eigenvalue weighted by Gasteiger charge is -2.23. The highest BCUT2D eigenvalue weighted by molar-refractivity contribution is 6.02. The van der Waals surface area contributed by atoms with E-state index < -0.39 is 0 Å². The molecule has 2 aromatic carbocycles. The Morgan fingerprint density at radius 3 is 2.57 bits per heavy atom. The van der Waals surface area contributed by atoms with E-state index in [0.717, 1.165) is 27.8 Å². The van der Waals surface area contributed by atoms with Crippen LogP contribution < -0.4 is 9.47 Å². The van der Waals surface area contributed by atoms with Crippen LogP contribution in [0.4, 0.5) is 0 Å². The molecule has 9 nitrogen and oxygen atoms in total. The minimum atomic E-state index is -0.0714. The number of fused-ring (bicyclic) bond motifs is 1. The van der Waals surface area contributed by atoms with Gasteiger partial charge in [0.15, 0.2) is 5.78 Å². The molecule has 2 aromatic heterocycles. The van der Waals surface area contributed by atoms with Crippen molar-refractivity contribution >= 4 is 16.8 Å². The van der Waals surface area contributed by atoms with Crippen LogP contribution in [0.25, 0.3) is 27.8 Å². The fourth-order valence-corrected chi connectivity index (χ4v) is 4.40. The van der Waals surface area contributed by atoms with Gasteiger partial charge in [-0.25, -0.2) is 4.98 Å². The summed E-state index contributed by atoms with van der Waals surface area (Å²) in [5.41, 5.74) is 5.06. The number of imidazole rings is 1. The summed E-state index contributed by atoms with van der Waals surface area (Å²) in [6.45, 7) is 1.67. The molecule has 0 spiro atoms. The van der Waals surface area contributed by atoms with Gasteiger partial charge in [-0.2, -0.15) is 5.10 Å². The lowest BCUT2D eigenvalue weighted by Crippen LogP contribution is -2.29. The van der Waals surface area contributed by atoms with E-state index in [-0.39, 0.29) is 11.9 Å². The molecule has 35 heavy (non-hydrogen) atoms. The molecule has 5 rings (SSSR count). The van der Waals surface area contributed by atoms with Crippen molar-refractivity contribution in [2.45, 2.75) is 18.9 Å². The van der Waals surface area contributed by atoms with Crippen LogP contribution in [0.1, 0.15) is 23.2 Å². The van der Waals surface area contributed by atoms with Gasteiger partial charge in [0, 0.05) is 37.4 Å². The summed E-state index contributed by atoms with van der Waals surface area (Å²) >= 11 is 0. The Labute approximate surface area is 203 Å². The molecular formula is C26H28N4O5. The van der Waals surface area contributed by atoms with Gasteiger partial charge in [0.2, 0.25) is 0 Å². The summed E-state index contributed by atoms with van der Waals surface area (Å²) in [5, 5.41) is 4.25. The lowest BCUT2D eigenvalue weighted by molar-refractivity contribution is -0.0902. The zero-order valence-electron chi connectivity index (χ0n) is 20.1. The van der Waals surface area contributed by atoms with Gasteiger partial charge in [0.25, 0.3) is 0 Å². The van der Waals surface area contributed by atoms with Gasteiger partial charge in [-0.1, -0.05) is 6.07 Å². The van der Waals surface area contributed by atoms with Crippen LogP contribution in [0.3, 0.4) is 0 Å². The lowest BCUT2D eigenvalue weighted by atomic mass is 10.0. The van der Waals surface area contributed by atoms with E-state index in [4.69, 9.17) is 18.9 Å². The first-order chi connectivity index (χ1) is 17.1. The molecule has 9 heteroatoms. The first kappa shape index (κ1) is 23.1. The van der Waals surface area contributed by atoms with E-state index in [1.54, 1.807) is 25.2 Å². The maximum absolute atomic E-state index is 13.1. The molecule has 182 valence electrons. The molecule has 0 unspecified atom stereocenters. The second-order valence-electron chi connectivity index (χ2n) is 8.48. The molecule has 1 aliphatic heterocycles. The largest absolute Gasteiger partial charge is 0.496 e. The van der Waals surface area contributed by atoms with Crippen LogP contribution in [-0.2, 0) is 16.5 Å². The number of ether oxygens (including phenoxy) is 4. The van der Waals surface area contributed by atoms with Gasteiger partial charge < -0.3 is 18.9 Å². The Kier molecular flexibility index (Phi) is 6.52. The Morgan fingerprint density at radius 2 is 1.91 bits per heavy atom. The number of hydrogen-bond donors (Lipinski definition) is 0. The van der Waals surface area contributed by atoms with E-state index >= 15 is 0 Å². The Balaban J connectivity index is 1.45. The highest BCUT2D eigenvalue weighted by Gasteiger charge is 2.23. The van der Waals surface area contributed by atoms with Crippen molar-refractivity contribution in [3.63, 3.8) is 0 Å². The molecule has 0 saturated carbocycles. The molecule has 4 aromatic rings. The second-order valence-corrected chi connectivity index (χ2v) is 8.48. The Bertz CT molecular complexity index is 1330. The predicted octanol–water partition coefficient (Wildman–Crippen LogP) is 3.82. The van der Waals surface area contributed by atoms with E-state index in [0.29, 0.717) is 49.7 Å². The van der Waals surface area contributed by atoms with Gasteiger partial charge in [0.05, 0.1) is 63.1 Å². The van der Waals surface area contributed by atoms with Crippen molar-refractivity contribution in [1.29, 1.82) is 0 Å². The number of aryl methyl sites for hydroxylation is 1. The normalized spacial score (nSPS) is 15.9. The third-order valence-electron chi connectivity index (χ3n) is 6.21. The van der Waals surface area contributed by atoms with Gasteiger partial charge in [-0.05, 0) is 24.1 Å². The summed E-state index contributed by atoms with van der Waals surface area (Å²) in [5.74, 6) is 0.856. The predicted molar refractivity (Wildman–Crippen MR) is 130 cm³/mol. The van der Waals surface area contributed by atoms with Gasteiger partial charge in [-0.3, -0.25) is 14.0 Å². The first-order valence-corrected chi connectivity index (χ1v) is 11.5. The van der Waals surface area contributed by atoms with Gasteiger partial charge in [0.1, 0.15) is 23.4 Å². The van der Waals surface area contributed by atoms with Crippen LogP contribution in [0.5, 0.6) is 11.5 Å². The second kappa shape index (κ2) is 9.89. The van der Waals surface area contributed by atoms with Crippen LogP contribution in [-0.4, -0.2) is 65.3 Å². The average Bonchev–Trinajstić information content (AvgIpc) is 3.52. The fraction of sp³-hybridized carbons (Fsp3) is 0.346. The summed E-state index contributed by atoms with van der Waals surface area (Å²) in [6, 6.07) is 9.78. The van der Waals surface area contributed by atoms with E-state index in [9.17, 15) is 4.79 Å². The molecule has 0 N–H and O–H groups in total. The summed E-state index contributed by atoms with van der Waals surface area (Å²) < 4.78 is 26.1. The highest BCUT2D eigenvalue weighted by atomic mass is 16.6. The summed E-state index contributed by atoms with van der Waals surface area (Å²) in [7, 11) is 5.00. The minimum absolute atomic E-state index is 0.0592. The van der Waals surface area contributed by atoms with E-state index in [1.807, 2.05) is 54.3 Å². The van der Waals surface area contributed by atoms with Gasteiger partial charge >= 0.3 is 0 Å².